The first-order chi connectivity index (χ1) is 12.1. The van der Waals surface area contributed by atoms with Crippen LogP contribution in [0.4, 0.5) is 5.69 Å². The average molecular weight is 340 g/mol. The van der Waals surface area contributed by atoms with Gasteiger partial charge < -0.3 is 9.64 Å². The van der Waals surface area contributed by atoms with Crippen LogP contribution in [0.25, 0.3) is 0 Å². The van der Waals surface area contributed by atoms with E-state index < -0.39 is 0 Å². The zero-order valence-corrected chi connectivity index (χ0v) is 15.5. The predicted molar refractivity (Wildman–Crippen MR) is 98.1 cm³/mol. The molecule has 134 valence electrons. The van der Waals surface area contributed by atoms with Gasteiger partial charge in [-0.05, 0) is 55.8 Å². The Morgan fingerprint density at radius 2 is 2.20 bits per heavy atom. The van der Waals surface area contributed by atoms with Crippen LogP contribution < -0.4 is 9.64 Å². The zero-order valence-electron chi connectivity index (χ0n) is 15.5. The smallest absolute Gasteiger partial charge is 0.224 e. The molecule has 3 heterocycles. The maximum absolute atomic E-state index is 12.7. The lowest BCUT2D eigenvalue weighted by molar-refractivity contribution is -0.118. The van der Waals surface area contributed by atoms with Crippen molar-refractivity contribution in [3.63, 3.8) is 0 Å². The van der Waals surface area contributed by atoms with Gasteiger partial charge in [0.15, 0.2) is 0 Å². The molecular formula is C21H28N2O2. The third kappa shape index (κ3) is 1.74. The summed E-state index contributed by atoms with van der Waals surface area (Å²) in [5.41, 5.74) is 2.54. The van der Waals surface area contributed by atoms with Gasteiger partial charge in [-0.15, -0.1) is 0 Å². The third-order valence-electron chi connectivity index (χ3n) is 7.74. The largest absolute Gasteiger partial charge is 0.495 e. The number of hydrogen-bond acceptors (Lipinski definition) is 3. The van der Waals surface area contributed by atoms with Crippen LogP contribution in [0, 0.1) is 11.8 Å². The van der Waals surface area contributed by atoms with Crippen LogP contribution in [-0.2, 0) is 10.2 Å². The molecule has 4 heteroatoms. The van der Waals surface area contributed by atoms with Crippen LogP contribution in [0.1, 0.15) is 45.1 Å². The van der Waals surface area contributed by atoms with E-state index in [-0.39, 0.29) is 11.3 Å². The van der Waals surface area contributed by atoms with Gasteiger partial charge in [0.05, 0.1) is 12.8 Å². The van der Waals surface area contributed by atoms with E-state index in [1.54, 1.807) is 14.0 Å². The quantitative estimate of drug-likeness (QED) is 0.829. The Kier molecular flexibility index (Phi) is 3.28. The molecule has 5 rings (SSSR count). The number of carbonyl (C=O) groups is 1. The highest BCUT2D eigenvalue weighted by atomic mass is 16.5. The number of ether oxygens (including phenoxy) is 1. The van der Waals surface area contributed by atoms with E-state index in [2.05, 4.69) is 28.9 Å². The lowest BCUT2D eigenvalue weighted by Gasteiger charge is -2.56. The van der Waals surface area contributed by atoms with Gasteiger partial charge in [0.25, 0.3) is 0 Å². The highest BCUT2D eigenvalue weighted by Gasteiger charge is 2.67. The minimum absolute atomic E-state index is 0.104. The second-order valence-corrected chi connectivity index (χ2v) is 8.39. The highest BCUT2D eigenvalue weighted by molar-refractivity contribution is 5.98. The van der Waals surface area contributed by atoms with Crippen molar-refractivity contribution in [2.75, 3.05) is 25.1 Å². The van der Waals surface area contributed by atoms with Crippen molar-refractivity contribution in [1.29, 1.82) is 0 Å². The van der Waals surface area contributed by atoms with E-state index in [9.17, 15) is 4.79 Å². The molecule has 1 aliphatic carbocycles. The Morgan fingerprint density at radius 1 is 1.36 bits per heavy atom. The molecule has 1 spiro atoms. The number of hydrogen-bond donors (Lipinski definition) is 0. The van der Waals surface area contributed by atoms with E-state index in [4.69, 9.17) is 4.74 Å². The molecule has 2 bridgehead atoms. The van der Waals surface area contributed by atoms with Crippen molar-refractivity contribution in [2.24, 2.45) is 11.8 Å². The molecule has 5 atom stereocenters. The van der Waals surface area contributed by atoms with Gasteiger partial charge in [-0.2, -0.15) is 0 Å². The van der Waals surface area contributed by atoms with Crippen molar-refractivity contribution in [3.05, 3.63) is 23.8 Å². The lowest BCUT2D eigenvalue weighted by atomic mass is 9.55. The fraction of sp³-hybridized carbons (Fsp3) is 0.667. The molecule has 1 aromatic carbocycles. The van der Waals surface area contributed by atoms with Gasteiger partial charge >= 0.3 is 0 Å². The Labute approximate surface area is 150 Å². The SMILES string of the molecule is CC[C@H]1[C@@H]2CCN3CC[C@]4(c5cccc(OC)c5N(C(C)=O)[C@@H]4C2)[C@@H]13. The number of rotatable bonds is 2. The summed E-state index contributed by atoms with van der Waals surface area (Å²) in [6, 6.07) is 7.30. The normalized spacial score (nSPS) is 38.4. The average Bonchev–Trinajstić information content (AvgIpc) is 3.16. The molecule has 0 aromatic heterocycles. The molecule has 0 N–H and O–H groups in total. The monoisotopic (exact) mass is 340 g/mol. The van der Waals surface area contributed by atoms with Crippen molar-refractivity contribution in [1.82, 2.24) is 4.90 Å². The lowest BCUT2D eigenvalue weighted by Crippen LogP contribution is -2.64. The Hall–Kier alpha value is -1.55. The predicted octanol–water partition coefficient (Wildman–Crippen LogP) is 3.19. The number of methoxy groups -OCH3 is 1. The van der Waals surface area contributed by atoms with E-state index in [0.29, 0.717) is 12.1 Å². The van der Waals surface area contributed by atoms with Gasteiger partial charge in [-0.1, -0.05) is 25.5 Å². The van der Waals surface area contributed by atoms with Crippen LogP contribution in [0.5, 0.6) is 5.75 Å². The summed E-state index contributed by atoms with van der Waals surface area (Å²) < 4.78 is 5.70. The van der Waals surface area contributed by atoms with E-state index in [0.717, 1.165) is 29.7 Å². The fourth-order valence-electron chi connectivity index (χ4n) is 7.01. The summed E-state index contributed by atoms with van der Waals surface area (Å²) >= 11 is 0. The molecule has 1 saturated carbocycles. The van der Waals surface area contributed by atoms with Gasteiger partial charge in [-0.3, -0.25) is 9.69 Å². The maximum atomic E-state index is 12.7. The number of piperidine rings is 1. The summed E-state index contributed by atoms with van der Waals surface area (Å²) in [4.78, 5) is 17.6. The first-order valence-electron chi connectivity index (χ1n) is 9.84. The van der Waals surface area contributed by atoms with Crippen LogP contribution in [0.15, 0.2) is 18.2 Å². The van der Waals surface area contributed by atoms with Crippen LogP contribution in [-0.4, -0.2) is 43.1 Å². The summed E-state index contributed by atoms with van der Waals surface area (Å²) in [7, 11) is 1.72. The number of nitrogens with zero attached hydrogens (tertiary/aromatic N) is 2. The maximum Gasteiger partial charge on any atom is 0.224 e. The number of anilines is 1. The van der Waals surface area contributed by atoms with Crippen molar-refractivity contribution in [3.8, 4) is 5.75 Å². The summed E-state index contributed by atoms with van der Waals surface area (Å²) in [5.74, 6) is 2.54. The van der Waals surface area contributed by atoms with Gasteiger partial charge in [0, 0.05) is 24.4 Å². The Bertz CT molecular complexity index is 733. The molecule has 0 unspecified atom stereocenters. The van der Waals surface area contributed by atoms with Crippen molar-refractivity contribution >= 4 is 11.6 Å². The minimum Gasteiger partial charge on any atom is -0.495 e. The number of para-hydroxylation sites is 1. The second kappa shape index (κ2) is 5.23. The number of benzene rings is 1. The molecule has 4 aliphatic rings. The van der Waals surface area contributed by atoms with Crippen LogP contribution in [0.3, 0.4) is 0 Å². The number of amides is 1. The Balaban J connectivity index is 1.77. The van der Waals surface area contributed by atoms with Crippen LogP contribution in [0.2, 0.25) is 0 Å². The molecule has 3 fully saturated rings. The molecule has 3 aliphatic heterocycles. The molecule has 1 aromatic rings. The van der Waals surface area contributed by atoms with Gasteiger partial charge in [0.1, 0.15) is 5.75 Å². The molecule has 2 saturated heterocycles. The summed E-state index contributed by atoms with van der Waals surface area (Å²) in [6.45, 7) is 6.49. The summed E-state index contributed by atoms with van der Waals surface area (Å²) in [5, 5.41) is 0. The summed E-state index contributed by atoms with van der Waals surface area (Å²) in [6.07, 6.45) is 4.87. The first-order valence-corrected chi connectivity index (χ1v) is 9.84. The van der Waals surface area contributed by atoms with E-state index in [1.807, 2.05) is 6.07 Å². The van der Waals surface area contributed by atoms with Crippen molar-refractivity contribution < 1.29 is 9.53 Å². The fourth-order valence-corrected chi connectivity index (χ4v) is 7.01. The van der Waals surface area contributed by atoms with Gasteiger partial charge in [-0.25, -0.2) is 0 Å². The standard InChI is InChI=1S/C21H28N2O2/c1-4-15-14-8-10-22-11-9-21(20(15)22)16-6-5-7-17(25-3)19(16)23(13(2)24)18(21)12-14/h5-7,14-15,18,20H,4,8-12H2,1-3H3/t14-,15+,18-,20-,21-/m1/s1. The molecule has 0 radical (unpaired) electrons. The second-order valence-electron chi connectivity index (χ2n) is 8.39. The minimum atomic E-state index is 0.104. The Morgan fingerprint density at radius 3 is 2.92 bits per heavy atom. The molecule has 4 nitrogen and oxygen atoms in total. The third-order valence-corrected chi connectivity index (χ3v) is 7.74. The molecule has 25 heavy (non-hydrogen) atoms. The molecular weight excluding hydrogens is 312 g/mol. The zero-order chi connectivity index (χ0) is 17.3. The highest BCUT2D eigenvalue weighted by Crippen LogP contribution is 2.64. The van der Waals surface area contributed by atoms with E-state index in [1.165, 1.54) is 37.9 Å². The molecule has 1 amide bonds. The van der Waals surface area contributed by atoms with E-state index >= 15 is 0 Å². The van der Waals surface area contributed by atoms with Crippen molar-refractivity contribution in [2.45, 2.75) is 57.0 Å². The van der Waals surface area contributed by atoms with Gasteiger partial charge in [0.2, 0.25) is 5.91 Å². The number of fused-ring (bicyclic) bond motifs is 2. The number of carbonyl (C=O) groups excluding carboxylic acids is 1. The van der Waals surface area contributed by atoms with Crippen LogP contribution >= 0.6 is 0 Å². The first kappa shape index (κ1) is 15.7. The topological polar surface area (TPSA) is 32.8 Å².